The summed E-state index contributed by atoms with van der Waals surface area (Å²) in [5, 5.41) is 10.7. The molecule has 1 saturated carbocycles. The average Bonchev–Trinajstić information content (AvgIpc) is 2.95. The molecule has 4 nitrogen and oxygen atoms in total. The molecule has 1 aromatic heterocycles. The van der Waals surface area contributed by atoms with Crippen molar-refractivity contribution >= 4 is 0 Å². The van der Waals surface area contributed by atoms with E-state index in [9.17, 15) is 0 Å². The third-order valence-electron chi connectivity index (χ3n) is 2.64. The number of hydrogen-bond donors (Lipinski definition) is 3. The van der Waals surface area contributed by atoms with E-state index in [4.69, 9.17) is 5.73 Å². The zero-order valence-corrected chi connectivity index (χ0v) is 8.59. The van der Waals surface area contributed by atoms with Crippen LogP contribution in [-0.4, -0.2) is 22.8 Å². The van der Waals surface area contributed by atoms with Gasteiger partial charge in [-0.25, -0.2) is 0 Å². The maximum atomic E-state index is 5.51. The molecule has 2 rings (SSSR count). The van der Waals surface area contributed by atoms with Crippen LogP contribution in [0.2, 0.25) is 0 Å². The first-order valence-corrected chi connectivity index (χ1v) is 5.27. The lowest BCUT2D eigenvalue weighted by molar-refractivity contribution is 0.550. The summed E-state index contributed by atoms with van der Waals surface area (Å²) < 4.78 is 0. The predicted molar refractivity (Wildman–Crippen MR) is 55.9 cm³/mol. The maximum Gasteiger partial charge on any atom is 0.0656 e. The van der Waals surface area contributed by atoms with Gasteiger partial charge in [-0.3, -0.25) is 5.10 Å². The molecule has 0 bridgehead atoms. The number of aromatic nitrogens is 2. The Morgan fingerprint density at radius 1 is 1.71 bits per heavy atom. The van der Waals surface area contributed by atoms with E-state index in [2.05, 4.69) is 28.5 Å². The van der Waals surface area contributed by atoms with Gasteiger partial charge in [-0.1, -0.05) is 0 Å². The van der Waals surface area contributed by atoms with Gasteiger partial charge < -0.3 is 11.1 Å². The highest BCUT2D eigenvalue weighted by molar-refractivity contribution is 5.17. The topological polar surface area (TPSA) is 66.7 Å². The first kappa shape index (κ1) is 9.68. The molecule has 1 atom stereocenters. The van der Waals surface area contributed by atoms with Crippen LogP contribution >= 0.6 is 0 Å². The fourth-order valence-electron chi connectivity index (χ4n) is 1.43. The monoisotopic (exact) mass is 194 g/mol. The molecule has 1 aliphatic rings. The van der Waals surface area contributed by atoms with Gasteiger partial charge in [0.2, 0.25) is 0 Å². The second kappa shape index (κ2) is 4.11. The fourth-order valence-corrected chi connectivity index (χ4v) is 1.43. The molecule has 0 aromatic carbocycles. The highest BCUT2D eigenvalue weighted by Crippen LogP contribution is 2.38. The number of nitrogens with one attached hydrogen (secondary N) is 2. The van der Waals surface area contributed by atoms with E-state index in [-0.39, 0.29) is 0 Å². The number of nitrogens with two attached hydrogens (primary N) is 1. The first-order chi connectivity index (χ1) is 6.79. The zero-order valence-electron chi connectivity index (χ0n) is 8.59. The Morgan fingerprint density at radius 2 is 2.50 bits per heavy atom. The minimum atomic E-state index is 0.364. The quantitative estimate of drug-likeness (QED) is 0.647. The lowest BCUT2D eigenvalue weighted by Gasteiger charge is -2.08. The van der Waals surface area contributed by atoms with Crippen molar-refractivity contribution in [2.45, 2.75) is 38.3 Å². The Kier molecular flexibility index (Phi) is 2.84. The molecule has 4 N–H and O–H groups in total. The Hall–Kier alpha value is -0.870. The summed E-state index contributed by atoms with van der Waals surface area (Å²) in [5.41, 5.74) is 7.89. The second-order valence-corrected chi connectivity index (χ2v) is 4.11. The minimum Gasteiger partial charge on any atom is -0.329 e. The molecule has 1 aromatic rings. The van der Waals surface area contributed by atoms with E-state index in [1.165, 1.54) is 18.5 Å². The normalized spacial score (nSPS) is 18.4. The van der Waals surface area contributed by atoms with Crippen molar-refractivity contribution < 1.29 is 0 Å². The van der Waals surface area contributed by atoms with Gasteiger partial charge in [0.25, 0.3) is 0 Å². The van der Waals surface area contributed by atoms with Gasteiger partial charge in [-0.05, 0) is 25.8 Å². The highest BCUT2D eigenvalue weighted by atomic mass is 15.1. The largest absolute Gasteiger partial charge is 0.329 e. The molecule has 1 fully saturated rings. The minimum absolute atomic E-state index is 0.364. The van der Waals surface area contributed by atoms with Crippen LogP contribution in [0.25, 0.3) is 0 Å². The van der Waals surface area contributed by atoms with E-state index in [1.54, 1.807) is 0 Å². The summed E-state index contributed by atoms with van der Waals surface area (Å²) in [7, 11) is 0. The van der Waals surface area contributed by atoms with Crippen molar-refractivity contribution in [3.05, 3.63) is 17.5 Å². The Morgan fingerprint density at radius 3 is 3.14 bits per heavy atom. The van der Waals surface area contributed by atoms with E-state index in [1.807, 2.05) is 0 Å². The lowest BCUT2D eigenvalue weighted by atomic mass is 10.2. The molecule has 0 amide bonds. The molecule has 78 valence electrons. The first-order valence-electron chi connectivity index (χ1n) is 5.27. The van der Waals surface area contributed by atoms with Gasteiger partial charge in [-0.15, -0.1) is 0 Å². The third kappa shape index (κ3) is 2.33. The Balaban J connectivity index is 1.83. The summed E-state index contributed by atoms with van der Waals surface area (Å²) in [6.07, 6.45) is 2.61. The van der Waals surface area contributed by atoms with Crippen molar-refractivity contribution in [1.82, 2.24) is 15.5 Å². The van der Waals surface area contributed by atoms with Gasteiger partial charge in [0, 0.05) is 30.7 Å². The molecule has 0 unspecified atom stereocenters. The molecular weight excluding hydrogens is 176 g/mol. The smallest absolute Gasteiger partial charge is 0.0656 e. The molecule has 1 heterocycles. The van der Waals surface area contributed by atoms with Crippen LogP contribution in [0.15, 0.2) is 6.07 Å². The van der Waals surface area contributed by atoms with Gasteiger partial charge in [0.05, 0.1) is 5.69 Å². The standard InChI is InChI=1S/C10H18N4/c1-7(5-11)12-6-9-4-10(14-13-9)8-2-3-8/h4,7-8,12H,2-3,5-6,11H2,1H3,(H,13,14)/t7-/m1/s1. The number of aromatic amines is 1. The predicted octanol–water partition coefficient (Wildman–Crippen LogP) is 0.724. The van der Waals surface area contributed by atoms with Crippen molar-refractivity contribution in [3.8, 4) is 0 Å². The van der Waals surface area contributed by atoms with Crippen LogP contribution in [0.5, 0.6) is 0 Å². The van der Waals surface area contributed by atoms with Crippen LogP contribution < -0.4 is 11.1 Å². The number of H-pyrrole nitrogens is 1. The van der Waals surface area contributed by atoms with Crippen LogP contribution in [0.3, 0.4) is 0 Å². The summed E-state index contributed by atoms with van der Waals surface area (Å²) in [6, 6.07) is 2.52. The van der Waals surface area contributed by atoms with Crippen molar-refractivity contribution in [1.29, 1.82) is 0 Å². The zero-order chi connectivity index (χ0) is 9.97. The molecule has 14 heavy (non-hydrogen) atoms. The summed E-state index contributed by atoms with van der Waals surface area (Å²) >= 11 is 0. The average molecular weight is 194 g/mol. The van der Waals surface area contributed by atoms with Crippen LogP contribution in [0, 0.1) is 0 Å². The molecule has 0 aliphatic heterocycles. The fraction of sp³-hybridized carbons (Fsp3) is 0.700. The molecular formula is C10H18N4. The molecule has 1 aliphatic carbocycles. The third-order valence-corrected chi connectivity index (χ3v) is 2.64. The summed E-state index contributed by atoms with van der Waals surface area (Å²) in [6.45, 7) is 3.58. The number of rotatable bonds is 5. The van der Waals surface area contributed by atoms with Crippen LogP contribution in [-0.2, 0) is 6.54 Å². The van der Waals surface area contributed by atoms with Crippen molar-refractivity contribution in [2.24, 2.45) is 5.73 Å². The van der Waals surface area contributed by atoms with E-state index in [0.717, 1.165) is 18.2 Å². The van der Waals surface area contributed by atoms with Crippen molar-refractivity contribution in [3.63, 3.8) is 0 Å². The van der Waals surface area contributed by atoms with E-state index < -0.39 is 0 Å². The molecule has 0 saturated heterocycles. The van der Waals surface area contributed by atoms with Crippen molar-refractivity contribution in [2.75, 3.05) is 6.54 Å². The summed E-state index contributed by atoms with van der Waals surface area (Å²) in [5.74, 6) is 0.729. The second-order valence-electron chi connectivity index (χ2n) is 4.11. The van der Waals surface area contributed by atoms with Crippen LogP contribution in [0.1, 0.15) is 37.1 Å². The SMILES string of the molecule is C[C@H](CN)NCc1cc(C2CC2)n[nH]1. The van der Waals surface area contributed by atoms with Gasteiger partial charge in [0.1, 0.15) is 0 Å². The van der Waals surface area contributed by atoms with E-state index >= 15 is 0 Å². The van der Waals surface area contributed by atoms with Gasteiger partial charge in [-0.2, -0.15) is 5.10 Å². The lowest BCUT2D eigenvalue weighted by Crippen LogP contribution is -2.32. The summed E-state index contributed by atoms with van der Waals surface area (Å²) in [4.78, 5) is 0. The van der Waals surface area contributed by atoms with Gasteiger partial charge in [0.15, 0.2) is 0 Å². The van der Waals surface area contributed by atoms with Gasteiger partial charge >= 0.3 is 0 Å². The molecule has 0 radical (unpaired) electrons. The maximum absolute atomic E-state index is 5.51. The molecule has 4 heteroatoms. The van der Waals surface area contributed by atoms with Crippen LogP contribution in [0.4, 0.5) is 0 Å². The highest BCUT2D eigenvalue weighted by Gasteiger charge is 2.25. The number of nitrogens with zero attached hydrogens (tertiary/aromatic N) is 1. The number of hydrogen-bond acceptors (Lipinski definition) is 3. The van der Waals surface area contributed by atoms with E-state index in [0.29, 0.717) is 12.6 Å². The Bertz CT molecular complexity index is 290. The molecule has 0 spiro atoms. The Labute approximate surface area is 84.3 Å².